The highest BCUT2D eigenvalue weighted by atomic mass is 32.2. The second-order valence-corrected chi connectivity index (χ2v) is 10.7. The summed E-state index contributed by atoms with van der Waals surface area (Å²) in [5, 5.41) is 3.99. The Morgan fingerprint density at radius 2 is 1.54 bits per heavy atom. The molecule has 0 fully saturated rings. The normalized spacial score (nSPS) is 11.5. The molecule has 9 heteroatoms. The number of rotatable bonds is 12. The number of sulfonamides is 1. The Bertz CT molecular complexity index is 1290. The van der Waals surface area contributed by atoms with Crippen LogP contribution in [0.1, 0.15) is 31.9 Å². The standard InChI is InChI=1S/C28H33N3O5S/c1-5-35-25-14-10-24(11-15-25)31(37(33,34)27-16-6-22(4)7-17-27)19-28(32)30-29-18-23-8-12-26(13-9-23)36-20-21(2)3/h6-18,21H,5,19-20H2,1-4H3,(H,30,32)/b29-18-. The monoisotopic (exact) mass is 523 g/mol. The summed E-state index contributed by atoms with van der Waals surface area (Å²) in [5.74, 6) is 1.20. The maximum atomic E-state index is 13.5. The van der Waals surface area contributed by atoms with Crippen LogP contribution in [0.25, 0.3) is 0 Å². The van der Waals surface area contributed by atoms with E-state index in [1.54, 1.807) is 36.4 Å². The number of amides is 1. The fourth-order valence-electron chi connectivity index (χ4n) is 3.29. The molecule has 196 valence electrons. The second kappa shape index (κ2) is 12.9. The zero-order valence-corrected chi connectivity index (χ0v) is 22.4. The largest absolute Gasteiger partial charge is 0.494 e. The van der Waals surface area contributed by atoms with Gasteiger partial charge in [-0.1, -0.05) is 31.5 Å². The lowest BCUT2D eigenvalue weighted by molar-refractivity contribution is -0.119. The smallest absolute Gasteiger partial charge is 0.264 e. The van der Waals surface area contributed by atoms with Gasteiger partial charge in [0.15, 0.2) is 0 Å². The molecular formula is C28H33N3O5S. The fraction of sp³-hybridized carbons (Fsp3) is 0.286. The Hall–Kier alpha value is -3.85. The number of hydrogen-bond donors (Lipinski definition) is 1. The van der Waals surface area contributed by atoms with E-state index < -0.39 is 22.5 Å². The first-order valence-corrected chi connectivity index (χ1v) is 13.5. The zero-order chi connectivity index (χ0) is 26.8. The summed E-state index contributed by atoms with van der Waals surface area (Å²) in [5.41, 5.74) is 4.44. The van der Waals surface area contributed by atoms with Crippen LogP contribution in [0.15, 0.2) is 82.8 Å². The van der Waals surface area contributed by atoms with E-state index in [1.165, 1.54) is 18.3 Å². The van der Waals surface area contributed by atoms with Crippen molar-refractivity contribution in [1.82, 2.24) is 5.43 Å². The summed E-state index contributed by atoms with van der Waals surface area (Å²) in [4.78, 5) is 12.8. The summed E-state index contributed by atoms with van der Waals surface area (Å²) in [6, 6.07) is 20.3. The summed E-state index contributed by atoms with van der Waals surface area (Å²) in [6.45, 7) is 8.54. The van der Waals surface area contributed by atoms with Crippen molar-refractivity contribution in [1.29, 1.82) is 0 Å². The number of nitrogens with one attached hydrogen (secondary N) is 1. The molecule has 3 rings (SSSR count). The molecule has 0 unspecified atom stereocenters. The third kappa shape index (κ3) is 8.08. The van der Waals surface area contributed by atoms with Crippen LogP contribution in [0, 0.1) is 12.8 Å². The molecule has 8 nitrogen and oxygen atoms in total. The number of ether oxygens (including phenoxy) is 2. The van der Waals surface area contributed by atoms with Crippen molar-refractivity contribution in [2.75, 3.05) is 24.1 Å². The maximum absolute atomic E-state index is 13.5. The molecule has 0 aliphatic carbocycles. The molecule has 1 N–H and O–H groups in total. The lowest BCUT2D eigenvalue weighted by Crippen LogP contribution is -2.39. The number of benzene rings is 3. The highest BCUT2D eigenvalue weighted by Crippen LogP contribution is 2.26. The van der Waals surface area contributed by atoms with Gasteiger partial charge in [0, 0.05) is 0 Å². The SMILES string of the molecule is CCOc1ccc(N(CC(=O)N/N=C\c2ccc(OCC(C)C)cc2)S(=O)(=O)c2ccc(C)cc2)cc1. The molecule has 0 heterocycles. The number of carbonyl (C=O) groups is 1. The Kier molecular flexibility index (Phi) is 9.68. The minimum Gasteiger partial charge on any atom is -0.494 e. The van der Waals surface area contributed by atoms with Gasteiger partial charge in [0.05, 0.1) is 30.0 Å². The molecule has 3 aromatic carbocycles. The third-order valence-electron chi connectivity index (χ3n) is 5.20. The van der Waals surface area contributed by atoms with Crippen LogP contribution in [0.2, 0.25) is 0 Å². The van der Waals surface area contributed by atoms with Crippen LogP contribution in [0.5, 0.6) is 11.5 Å². The van der Waals surface area contributed by atoms with Crippen molar-refractivity contribution in [3.8, 4) is 11.5 Å². The molecule has 0 saturated carbocycles. The van der Waals surface area contributed by atoms with Gasteiger partial charge in [-0.2, -0.15) is 5.10 Å². The first-order valence-electron chi connectivity index (χ1n) is 12.1. The quantitative estimate of drug-likeness (QED) is 0.272. The van der Waals surface area contributed by atoms with Gasteiger partial charge in [-0.15, -0.1) is 0 Å². The first kappa shape index (κ1) is 27.7. The van der Waals surface area contributed by atoms with Crippen molar-refractivity contribution in [3.63, 3.8) is 0 Å². The zero-order valence-electron chi connectivity index (χ0n) is 21.5. The molecule has 0 saturated heterocycles. The predicted octanol–water partition coefficient (Wildman–Crippen LogP) is 4.77. The number of hydrogen-bond acceptors (Lipinski definition) is 6. The Morgan fingerprint density at radius 1 is 0.946 bits per heavy atom. The number of aryl methyl sites for hydroxylation is 1. The minimum atomic E-state index is -4.02. The molecule has 0 bridgehead atoms. The molecule has 0 aliphatic heterocycles. The summed E-state index contributed by atoms with van der Waals surface area (Å²) in [6.07, 6.45) is 1.49. The first-order chi connectivity index (χ1) is 17.7. The van der Waals surface area contributed by atoms with Gasteiger partial charge in [-0.3, -0.25) is 9.10 Å². The van der Waals surface area contributed by atoms with Crippen molar-refractivity contribution >= 4 is 27.8 Å². The molecule has 0 radical (unpaired) electrons. The summed E-state index contributed by atoms with van der Waals surface area (Å²) in [7, 11) is -4.02. The fourth-order valence-corrected chi connectivity index (χ4v) is 4.71. The lowest BCUT2D eigenvalue weighted by atomic mass is 10.2. The molecule has 3 aromatic rings. The van der Waals surface area contributed by atoms with Crippen LogP contribution >= 0.6 is 0 Å². The van der Waals surface area contributed by atoms with E-state index in [2.05, 4.69) is 24.4 Å². The van der Waals surface area contributed by atoms with E-state index in [1.807, 2.05) is 38.1 Å². The highest BCUT2D eigenvalue weighted by Gasteiger charge is 2.27. The molecule has 0 aliphatic rings. The molecule has 0 aromatic heterocycles. The van der Waals surface area contributed by atoms with E-state index >= 15 is 0 Å². The van der Waals surface area contributed by atoms with Gasteiger partial charge in [-0.05, 0) is 86.0 Å². The average molecular weight is 524 g/mol. The van der Waals surface area contributed by atoms with Gasteiger partial charge in [0.2, 0.25) is 0 Å². The number of anilines is 1. The van der Waals surface area contributed by atoms with Crippen LogP contribution in [-0.4, -0.2) is 40.3 Å². The van der Waals surface area contributed by atoms with E-state index in [9.17, 15) is 13.2 Å². The van der Waals surface area contributed by atoms with Crippen molar-refractivity contribution in [2.24, 2.45) is 11.0 Å². The predicted molar refractivity (Wildman–Crippen MR) is 146 cm³/mol. The summed E-state index contributed by atoms with van der Waals surface area (Å²) >= 11 is 0. The molecule has 0 spiro atoms. The van der Waals surface area contributed by atoms with Crippen LogP contribution < -0.4 is 19.2 Å². The molecule has 1 amide bonds. The Morgan fingerprint density at radius 3 is 2.14 bits per heavy atom. The second-order valence-electron chi connectivity index (χ2n) is 8.82. The molecular weight excluding hydrogens is 490 g/mol. The van der Waals surface area contributed by atoms with Gasteiger partial charge in [-0.25, -0.2) is 13.8 Å². The van der Waals surface area contributed by atoms with Crippen LogP contribution in [0.3, 0.4) is 0 Å². The Balaban J connectivity index is 1.74. The highest BCUT2D eigenvalue weighted by molar-refractivity contribution is 7.92. The molecule has 0 atom stereocenters. The van der Waals surface area contributed by atoms with E-state index in [0.717, 1.165) is 21.2 Å². The number of hydrazone groups is 1. The van der Waals surface area contributed by atoms with Gasteiger partial charge < -0.3 is 9.47 Å². The maximum Gasteiger partial charge on any atom is 0.264 e. The van der Waals surface area contributed by atoms with Crippen LogP contribution in [0.4, 0.5) is 5.69 Å². The van der Waals surface area contributed by atoms with Gasteiger partial charge in [0.25, 0.3) is 15.9 Å². The van der Waals surface area contributed by atoms with E-state index in [4.69, 9.17) is 9.47 Å². The number of carbonyl (C=O) groups excluding carboxylic acids is 1. The van der Waals surface area contributed by atoms with Gasteiger partial charge in [0.1, 0.15) is 18.0 Å². The minimum absolute atomic E-state index is 0.0862. The Labute approximate surface area is 219 Å². The van der Waals surface area contributed by atoms with E-state index in [-0.39, 0.29) is 4.90 Å². The van der Waals surface area contributed by atoms with Crippen molar-refractivity contribution in [2.45, 2.75) is 32.6 Å². The lowest BCUT2D eigenvalue weighted by Gasteiger charge is -2.24. The van der Waals surface area contributed by atoms with E-state index in [0.29, 0.717) is 30.6 Å². The average Bonchev–Trinajstić information content (AvgIpc) is 2.88. The number of nitrogens with zero attached hydrogens (tertiary/aromatic N) is 2. The third-order valence-corrected chi connectivity index (χ3v) is 6.99. The summed E-state index contributed by atoms with van der Waals surface area (Å²) < 4.78 is 39.1. The van der Waals surface area contributed by atoms with Crippen molar-refractivity contribution < 1.29 is 22.7 Å². The van der Waals surface area contributed by atoms with Gasteiger partial charge >= 0.3 is 0 Å². The topological polar surface area (TPSA) is 97.3 Å². The molecule has 37 heavy (non-hydrogen) atoms. The van der Waals surface area contributed by atoms with Crippen molar-refractivity contribution in [3.05, 3.63) is 83.9 Å². The van der Waals surface area contributed by atoms with Crippen LogP contribution in [-0.2, 0) is 14.8 Å².